The van der Waals surface area contributed by atoms with Crippen LogP contribution in [0.5, 0.6) is 0 Å². The number of hydrogen-bond acceptors (Lipinski definition) is 5. The number of anilines is 1. The van der Waals surface area contributed by atoms with Crippen molar-refractivity contribution in [3.63, 3.8) is 0 Å². The van der Waals surface area contributed by atoms with Crippen LogP contribution in [0.15, 0.2) is 33.9 Å². The fourth-order valence-corrected chi connectivity index (χ4v) is 1.64. The molecule has 2 rings (SSSR count). The lowest BCUT2D eigenvalue weighted by Crippen LogP contribution is -2.15. The highest BCUT2D eigenvalue weighted by Crippen LogP contribution is 2.16. The molecule has 0 unspecified atom stereocenters. The molecule has 0 bridgehead atoms. The summed E-state index contributed by atoms with van der Waals surface area (Å²) in [5, 5.41) is 6.99. The third-order valence-corrected chi connectivity index (χ3v) is 2.49. The number of rotatable bonds is 2. The number of halogens is 1. The van der Waals surface area contributed by atoms with Gasteiger partial charge in [-0.15, -0.1) is 0 Å². The summed E-state index contributed by atoms with van der Waals surface area (Å²) in [7, 11) is 0. The number of nitrogen functional groups attached to an aromatic ring is 1. The molecule has 2 aromatic rings. The van der Waals surface area contributed by atoms with Gasteiger partial charge in [-0.25, -0.2) is 9.62 Å². The van der Waals surface area contributed by atoms with Crippen LogP contribution in [0.2, 0.25) is 0 Å². The van der Waals surface area contributed by atoms with Gasteiger partial charge in [0.25, 0.3) is 0 Å². The van der Waals surface area contributed by atoms with Gasteiger partial charge in [-0.2, -0.15) is 0 Å². The smallest absolute Gasteiger partial charge is 0.199 e. The molecule has 0 atom stereocenters. The third kappa shape index (κ3) is 2.30. The van der Waals surface area contributed by atoms with Crippen LogP contribution < -0.4 is 11.5 Å². The summed E-state index contributed by atoms with van der Waals surface area (Å²) in [6.07, 6.45) is 0. The van der Waals surface area contributed by atoms with Crippen LogP contribution in [0, 0.1) is 3.57 Å². The summed E-state index contributed by atoms with van der Waals surface area (Å²) in [5.41, 5.74) is 12.2. The summed E-state index contributed by atoms with van der Waals surface area (Å²) in [4.78, 5) is 4.17. The van der Waals surface area contributed by atoms with E-state index in [4.69, 9.17) is 11.5 Å². The number of hydrogen-bond donors (Lipinski definition) is 2. The van der Waals surface area contributed by atoms with E-state index < -0.39 is 0 Å². The standard InChI is InChI=1S/C9H8IN5O/c10-5-2-1-3-6(4-5)13-8(11)7-9(12)15-16-14-7/h1-4H,(H2,11,13)(H2,12,15). The van der Waals surface area contributed by atoms with Crippen molar-refractivity contribution in [2.75, 3.05) is 5.73 Å². The van der Waals surface area contributed by atoms with E-state index in [0.717, 1.165) is 9.26 Å². The van der Waals surface area contributed by atoms with Crippen LogP contribution in [0.1, 0.15) is 5.69 Å². The molecule has 1 aromatic heterocycles. The Kier molecular flexibility index (Phi) is 3.04. The zero-order valence-electron chi connectivity index (χ0n) is 8.09. The number of nitrogens with two attached hydrogens (primary N) is 2. The van der Waals surface area contributed by atoms with Gasteiger partial charge < -0.3 is 11.5 Å². The molecular weight excluding hydrogens is 321 g/mol. The highest BCUT2D eigenvalue weighted by atomic mass is 127. The van der Waals surface area contributed by atoms with Gasteiger partial charge in [-0.05, 0) is 51.1 Å². The Hall–Kier alpha value is -1.64. The Labute approximate surface area is 105 Å². The lowest BCUT2D eigenvalue weighted by molar-refractivity contribution is 0.308. The van der Waals surface area contributed by atoms with Gasteiger partial charge in [0.05, 0.1) is 5.69 Å². The summed E-state index contributed by atoms with van der Waals surface area (Å²) >= 11 is 2.19. The third-order valence-electron chi connectivity index (χ3n) is 1.81. The van der Waals surface area contributed by atoms with E-state index in [1.807, 2.05) is 24.3 Å². The fourth-order valence-electron chi connectivity index (χ4n) is 1.11. The Bertz CT molecular complexity index is 536. The second-order valence-corrected chi connectivity index (χ2v) is 4.22. The lowest BCUT2D eigenvalue weighted by Gasteiger charge is -1.97. The van der Waals surface area contributed by atoms with Crippen molar-refractivity contribution in [3.05, 3.63) is 33.5 Å². The lowest BCUT2D eigenvalue weighted by atomic mass is 10.3. The first-order valence-corrected chi connectivity index (χ1v) is 5.43. The molecule has 0 fully saturated rings. The zero-order chi connectivity index (χ0) is 11.5. The second-order valence-electron chi connectivity index (χ2n) is 2.97. The van der Waals surface area contributed by atoms with Crippen molar-refractivity contribution in [1.82, 2.24) is 10.3 Å². The Morgan fingerprint density at radius 3 is 2.81 bits per heavy atom. The highest BCUT2D eigenvalue weighted by Gasteiger charge is 2.10. The summed E-state index contributed by atoms with van der Waals surface area (Å²) < 4.78 is 5.51. The van der Waals surface area contributed by atoms with Crippen molar-refractivity contribution in [1.29, 1.82) is 0 Å². The minimum atomic E-state index is 0.131. The molecule has 0 aliphatic rings. The predicted octanol–water partition coefficient (Wildman–Crippen LogP) is 1.29. The second kappa shape index (κ2) is 4.47. The van der Waals surface area contributed by atoms with Crippen LogP contribution in [-0.2, 0) is 0 Å². The molecular formula is C9H8IN5O. The molecule has 1 aromatic carbocycles. The van der Waals surface area contributed by atoms with Crippen molar-refractivity contribution in [2.45, 2.75) is 0 Å². The Morgan fingerprint density at radius 1 is 1.38 bits per heavy atom. The van der Waals surface area contributed by atoms with Crippen molar-refractivity contribution in [3.8, 4) is 0 Å². The summed E-state index contributed by atoms with van der Waals surface area (Å²) in [5.74, 6) is 0.313. The van der Waals surface area contributed by atoms with E-state index in [-0.39, 0.29) is 17.3 Å². The minimum Gasteiger partial charge on any atom is -0.382 e. The topological polar surface area (TPSA) is 103 Å². The van der Waals surface area contributed by atoms with E-state index >= 15 is 0 Å². The maximum atomic E-state index is 5.73. The van der Waals surface area contributed by atoms with E-state index in [9.17, 15) is 0 Å². The first-order valence-electron chi connectivity index (χ1n) is 4.35. The molecule has 0 spiro atoms. The molecule has 0 aliphatic heterocycles. The normalized spacial score (nSPS) is 11.7. The Morgan fingerprint density at radius 2 is 2.19 bits per heavy atom. The Balaban J connectivity index is 2.35. The van der Waals surface area contributed by atoms with Crippen molar-refractivity contribution >= 4 is 39.9 Å². The molecule has 1 heterocycles. The number of benzene rings is 1. The molecule has 0 aliphatic carbocycles. The van der Waals surface area contributed by atoms with Gasteiger partial charge in [0, 0.05) is 3.57 Å². The summed E-state index contributed by atoms with van der Waals surface area (Å²) in [6, 6.07) is 7.57. The molecule has 0 amide bonds. The van der Waals surface area contributed by atoms with Gasteiger partial charge in [0.15, 0.2) is 17.3 Å². The number of nitrogens with zero attached hydrogens (tertiary/aromatic N) is 3. The zero-order valence-corrected chi connectivity index (χ0v) is 10.2. The molecule has 0 saturated carbocycles. The van der Waals surface area contributed by atoms with Crippen LogP contribution >= 0.6 is 22.6 Å². The van der Waals surface area contributed by atoms with E-state index in [0.29, 0.717) is 0 Å². The summed E-state index contributed by atoms with van der Waals surface area (Å²) in [6.45, 7) is 0. The molecule has 16 heavy (non-hydrogen) atoms. The highest BCUT2D eigenvalue weighted by molar-refractivity contribution is 14.1. The molecule has 4 N–H and O–H groups in total. The van der Waals surface area contributed by atoms with Crippen LogP contribution in [0.3, 0.4) is 0 Å². The van der Waals surface area contributed by atoms with Gasteiger partial charge in [-0.3, -0.25) is 0 Å². The number of amidine groups is 1. The fraction of sp³-hybridized carbons (Fsp3) is 0. The van der Waals surface area contributed by atoms with Crippen LogP contribution in [-0.4, -0.2) is 16.1 Å². The van der Waals surface area contributed by atoms with E-state index in [1.165, 1.54) is 0 Å². The minimum absolute atomic E-state index is 0.131. The number of aliphatic imine (C=N–C) groups is 1. The average Bonchev–Trinajstić information content (AvgIpc) is 2.64. The van der Waals surface area contributed by atoms with Gasteiger partial charge in [0.1, 0.15) is 0 Å². The van der Waals surface area contributed by atoms with Crippen LogP contribution in [0.4, 0.5) is 11.5 Å². The van der Waals surface area contributed by atoms with E-state index in [1.54, 1.807) is 0 Å². The van der Waals surface area contributed by atoms with Gasteiger partial charge >= 0.3 is 0 Å². The molecule has 0 saturated heterocycles. The first kappa shape index (κ1) is 10.9. The number of aromatic nitrogens is 2. The molecule has 7 heteroatoms. The average molecular weight is 329 g/mol. The first-order chi connectivity index (χ1) is 7.66. The monoisotopic (exact) mass is 329 g/mol. The molecule has 0 radical (unpaired) electrons. The molecule has 82 valence electrons. The maximum absolute atomic E-state index is 5.73. The quantitative estimate of drug-likeness (QED) is 0.491. The van der Waals surface area contributed by atoms with Crippen molar-refractivity contribution < 1.29 is 4.63 Å². The SMILES string of the molecule is NC(=Nc1cccc(I)c1)c1nonc1N. The van der Waals surface area contributed by atoms with E-state index in [2.05, 4.69) is 42.5 Å². The van der Waals surface area contributed by atoms with Gasteiger partial charge in [-0.1, -0.05) is 6.07 Å². The van der Waals surface area contributed by atoms with Crippen molar-refractivity contribution in [2.24, 2.45) is 10.7 Å². The largest absolute Gasteiger partial charge is 0.382 e. The predicted molar refractivity (Wildman–Crippen MR) is 68.3 cm³/mol. The maximum Gasteiger partial charge on any atom is 0.199 e. The molecule has 6 nitrogen and oxygen atoms in total. The van der Waals surface area contributed by atoms with Gasteiger partial charge in [0.2, 0.25) is 0 Å². The van der Waals surface area contributed by atoms with Crippen LogP contribution in [0.25, 0.3) is 0 Å².